The van der Waals surface area contributed by atoms with E-state index in [1.165, 1.54) is 0 Å². The van der Waals surface area contributed by atoms with Gasteiger partial charge in [-0.3, -0.25) is 4.79 Å². The zero-order valence-electron chi connectivity index (χ0n) is 9.04. The van der Waals surface area contributed by atoms with Crippen molar-refractivity contribution in [3.63, 3.8) is 0 Å². The number of methoxy groups -OCH3 is 1. The molecule has 0 aliphatic heterocycles. The predicted molar refractivity (Wildman–Crippen MR) is 53.2 cm³/mol. The van der Waals surface area contributed by atoms with Gasteiger partial charge in [0.15, 0.2) is 0 Å². The normalized spacial score (nSPS) is 27.1. The maximum Gasteiger partial charge on any atom is 0.308 e. The fourth-order valence-corrected chi connectivity index (χ4v) is 1.49. The molecule has 0 heterocycles. The van der Waals surface area contributed by atoms with Crippen molar-refractivity contribution in [2.45, 2.75) is 38.3 Å². The summed E-state index contributed by atoms with van der Waals surface area (Å²) in [5, 5.41) is 12.1. The summed E-state index contributed by atoms with van der Waals surface area (Å²) in [5.41, 5.74) is -0.224. The van der Waals surface area contributed by atoms with Gasteiger partial charge < -0.3 is 15.2 Å². The quantitative estimate of drug-likeness (QED) is 0.692. The fourth-order valence-electron chi connectivity index (χ4n) is 1.49. The van der Waals surface area contributed by atoms with E-state index in [-0.39, 0.29) is 17.6 Å². The number of rotatable bonds is 5. The van der Waals surface area contributed by atoms with Crippen LogP contribution < -0.4 is 5.32 Å². The second-order valence-corrected chi connectivity index (χ2v) is 4.47. The van der Waals surface area contributed by atoms with Gasteiger partial charge in [0.2, 0.25) is 0 Å². The molecule has 1 fully saturated rings. The second kappa shape index (κ2) is 4.28. The summed E-state index contributed by atoms with van der Waals surface area (Å²) in [6, 6.07) is 0.127. The van der Waals surface area contributed by atoms with E-state index in [2.05, 4.69) is 5.32 Å². The number of aliphatic carboxylic acids is 1. The number of carboxylic acid groups (broad SMARTS) is 1. The van der Waals surface area contributed by atoms with Crippen LogP contribution in [0.2, 0.25) is 0 Å². The van der Waals surface area contributed by atoms with Crippen molar-refractivity contribution in [2.24, 2.45) is 5.92 Å². The first-order chi connectivity index (χ1) is 6.46. The molecule has 82 valence electrons. The van der Waals surface area contributed by atoms with Crippen molar-refractivity contribution < 1.29 is 14.6 Å². The molecule has 0 aromatic heterocycles. The smallest absolute Gasteiger partial charge is 0.308 e. The molecule has 0 radical (unpaired) electrons. The number of hydrogen-bond donors (Lipinski definition) is 2. The van der Waals surface area contributed by atoms with Crippen LogP contribution in [0, 0.1) is 5.92 Å². The minimum atomic E-state index is -0.691. The summed E-state index contributed by atoms with van der Waals surface area (Å²) in [4.78, 5) is 10.7. The summed E-state index contributed by atoms with van der Waals surface area (Å²) < 4.78 is 5.24. The number of carbonyl (C=O) groups is 1. The Hall–Kier alpha value is -0.610. The highest BCUT2D eigenvalue weighted by Gasteiger charge is 2.36. The fraction of sp³-hybridized carbons (Fsp3) is 0.900. The topological polar surface area (TPSA) is 58.6 Å². The molecule has 1 aliphatic rings. The lowest BCUT2D eigenvalue weighted by atomic mass is 9.79. The van der Waals surface area contributed by atoms with E-state index in [4.69, 9.17) is 9.84 Å². The number of nitrogens with one attached hydrogen (secondary N) is 1. The molecular formula is C10H19NO3. The first-order valence-corrected chi connectivity index (χ1v) is 4.97. The highest BCUT2D eigenvalue weighted by molar-refractivity contribution is 5.72. The average molecular weight is 201 g/mol. The van der Waals surface area contributed by atoms with Crippen LogP contribution in [0.5, 0.6) is 0 Å². The Kier molecular flexibility index (Phi) is 3.50. The van der Waals surface area contributed by atoms with E-state index in [1.807, 2.05) is 13.8 Å². The molecule has 4 nitrogen and oxygen atoms in total. The van der Waals surface area contributed by atoms with E-state index in [0.717, 1.165) is 12.8 Å². The lowest BCUT2D eigenvalue weighted by Crippen LogP contribution is -2.51. The molecule has 1 aliphatic carbocycles. The van der Waals surface area contributed by atoms with Gasteiger partial charge in [-0.05, 0) is 26.7 Å². The molecule has 4 heteroatoms. The van der Waals surface area contributed by atoms with Crippen LogP contribution in [-0.2, 0) is 9.53 Å². The number of carboxylic acids is 1. The third-order valence-corrected chi connectivity index (χ3v) is 2.93. The van der Waals surface area contributed by atoms with Gasteiger partial charge in [0, 0.05) is 19.7 Å². The zero-order valence-corrected chi connectivity index (χ0v) is 9.04. The maximum atomic E-state index is 10.7. The molecular weight excluding hydrogens is 182 g/mol. The van der Waals surface area contributed by atoms with Crippen molar-refractivity contribution >= 4 is 5.97 Å². The zero-order chi connectivity index (χ0) is 10.8. The van der Waals surface area contributed by atoms with Crippen molar-refractivity contribution in [1.82, 2.24) is 5.32 Å². The van der Waals surface area contributed by atoms with Gasteiger partial charge in [-0.25, -0.2) is 0 Å². The van der Waals surface area contributed by atoms with E-state index in [0.29, 0.717) is 6.54 Å². The summed E-state index contributed by atoms with van der Waals surface area (Å²) in [7, 11) is 1.66. The first kappa shape index (κ1) is 11.5. The van der Waals surface area contributed by atoms with Gasteiger partial charge in [-0.15, -0.1) is 0 Å². The monoisotopic (exact) mass is 201 g/mol. The van der Waals surface area contributed by atoms with Gasteiger partial charge in [0.05, 0.1) is 11.5 Å². The van der Waals surface area contributed by atoms with E-state index >= 15 is 0 Å². The molecule has 0 aromatic carbocycles. The Labute approximate surface area is 84.6 Å². The minimum Gasteiger partial charge on any atom is -0.481 e. The largest absolute Gasteiger partial charge is 0.481 e. The third-order valence-electron chi connectivity index (χ3n) is 2.93. The Balaban J connectivity index is 2.29. The first-order valence-electron chi connectivity index (χ1n) is 4.97. The molecule has 0 bridgehead atoms. The van der Waals surface area contributed by atoms with Gasteiger partial charge in [-0.2, -0.15) is 0 Å². The van der Waals surface area contributed by atoms with Crippen molar-refractivity contribution in [2.75, 3.05) is 13.7 Å². The van der Waals surface area contributed by atoms with Crippen LogP contribution in [0.15, 0.2) is 0 Å². The summed E-state index contributed by atoms with van der Waals surface area (Å²) in [6.45, 7) is 4.65. The van der Waals surface area contributed by atoms with Crippen LogP contribution in [0.1, 0.15) is 26.7 Å². The molecule has 2 N–H and O–H groups in total. The lowest BCUT2D eigenvalue weighted by molar-refractivity contribution is -0.146. The van der Waals surface area contributed by atoms with E-state index < -0.39 is 5.97 Å². The number of hydrogen-bond acceptors (Lipinski definition) is 3. The van der Waals surface area contributed by atoms with Gasteiger partial charge in [0.1, 0.15) is 0 Å². The average Bonchev–Trinajstić information content (AvgIpc) is 2.01. The maximum absolute atomic E-state index is 10.7. The summed E-state index contributed by atoms with van der Waals surface area (Å²) in [6.07, 6.45) is 1.75. The van der Waals surface area contributed by atoms with Crippen molar-refractivity contribution in [1.29, 1.82) is 0 Å². The van der Waals surface area contributed by atoms with Crippen LogP contribution in [0.25, 0.3) is 0 Å². The highest BCUT2D eigenvalue weighted by Crippen LogP contribution is 2.27. The van der Waals surface area contributed by atoms with Crippen molar-refractivity contribution in [3.05, 3.63) is 0 Å². The van der Waals surface area contributed by atoms with E-state index in [1.54, 1.807) is 7.11 Å². The summed E-state index contributed by atoms with van der Waals surface area (Å²) in [5.74, 6) is -0.897. The second-order valence-electron chi connectivity index (χ2n) is 4.47. The van der Waals surface area contributed by atoms with Crippen molar-refractivity contribution in [3.8, 4) is 0 Å². The Morgan fingerprint density at radius 2 is 2.21 bits per heavy atom. The highest BCUT2D eigenvalue weighted by atomic mass is 16.5. The Morgan fingerprint density at radius 1 is 1.57 bits per heavy atom. The van der Waals surface area contributed by atoms with Gasteiger partial charge in [-0.1, -0.05) is 0 Å². The molecule has 14 heavy (non-hydrogen) atoms. The summed E-state index contributed by atoms with van der Waals surface area (Å²) >= 11 is 0. The van der Waals surface area contributed by atoms with Crippen LogP contribution in [0.4, 0.5) is 0 Å². The van der Waals surface area contributed by atoms with Gasteiger partial charge >= 0.3 is 5.97 Å². The molecule has 0 saturated heterocycles. The van der Waals surface area contributed by atoms with E-state index in [9.17, 15) is 4.79 Å². The minimum absolute atomic E-state index is 0.127. The molecule has 2 atom stereocenters. The van der Waals surface area contributed by atoms with Crippen LogP contribution in [-0.4, -0.2) is 36.4 Å². The molecule has 0 amide bonds. The van der Waals surface area contributed by atoms with Gasteiger partial charge in [0.25, 0.3) is 0 Å². The standard InChI is InChI=1S/C10H19NO3/c1-10(2,14-3)6-11-8-5-4-7(8)9(12)13/h7-8,11H,4-6H2,1-3H3,(H,12,13). The predicted octanol–water partition coefficient (Wildman–Crippen LogP) is 0.864. The van der Waals surface area contributed by atoms with Crippen LogP contribution in [0.3, 0.4) is 0 Å². The molecule has 1 rings (SSSR count). The molecule has 2 unspecified atom stereocenters. The molecule has 1 saturated carbocycles. The van der Waals surface area contributed by atoms with Crippen LogP contribution >= 0.6 is 0 Å². The Bertz CT molecular complexity index is 215. The molecule has 0 aromatic rings. The molecule has 0 spiro atoms. The Morgan fingerprint density at radius 3 is 2.57 bits per heavy atom. The SMILES string of the molecule is COC(C)(C)CNC1CCC1C(=O)O. The number of ether oxygens (including phenoxy) is 1. The lowest BCUT2D eigenvalue weighted by Gasteiger charge is -2.36. The third kappa shape index (κ3) is 2.69.